The number of benzene rings is 1. The van der Waals surface area contributed by atoms with E-state index in [9.17, 15) is 13.2 Å². The Labute approximate surface area is 119 Å². The molecule has 20 heavy (non-hydrogen) atoms. The van der Waals surface area contributed by atoms with Gasteiger partial charge in [-0.05, 0) is 30.5 Å². The van der Waals surface area contributed by atoms with E-state index in [0.29, 0.717) is 18.5 Å². The van der Waals surface area contributed by atoms with Crippen LogP contribution in [0.5, 0.6) is 0 Å². The largest absolute Gasteiger partial charge is 0.481 e. The van der Waals surface area contributed by atoms with E-state index in [-0.39, 0.29) is 0 Å². The van der Waals surface area contributed by atoms with Crippen LogP contribution in [0, 0.1) is 5.92 Å². The van der Waals surface area contributed by atoms with Crippen molar-refractivity contribution in [2.45, 2.75) is 19.8 Å². The molecule has 7 heteroatoms. The molecule has 0 spiro atoms. The lowest BCUT2D eigenvalue weighted by atomic mass is 9.97. The number of carbonyl (C=O) groups is 1. The number of hydrogen-bond donors (Lipinski definition) is 2. The molecule has 0 fully saturated rings. The van der Waals surface area contributed by atoms with Gasteiger partial charge in [0.2, 0.25) is 0 Å². The lowest BCUT2D eigenvalue weighted by Crippen LogP contribution is -2.28. The summed E-state index contributed by atoms with van der Waals surface area (Å²) in [7, 11) is -0.636. The summed E-state index contributed by atoms with van der Waals surface area (Å²) >= 11 is 0. The molecule has 1 aromatic rings. The Morgan fingerprint density at radius 2 is 1.85 bits per heavy atom. The SMILES string of the molecule is CC[C@@H](Cc1ccc(NS(=O)(=O)N(C)C)cc1)C(=O)O. The fourth-order valence-electron chi connectivity index (χ4n) is 1.64. The Balaban J connectivity index is 2.77. The van der Waals surface area contributed by atoms with Crippen molar-refractivity contribution in [2.75, 3.05) is 18.8 Å². The molecule has 1 rings (SSSR count). The molecule has 0 aliphatic carbocycles. The van der Waals surface area contributed by atoms with Crippen LogP contribution in [-0.4, -0.2) is 37.9 Å². The Hall–Kier alpha value is -1.60. The minimum atomic E-state index is -3.52. The first kappa shape index (κ1) is 16.5. The molecule has 112 valence electrons. The van der Waals surface area contributed by atoms with E-state index in [1.165, 1.54) is 14.1 Å². The molecule has 0 heterocycles. The molecule has 0 saturated heterocycles. The average Bonchev–Trinajstić information content (AvgIpc) is 2.36. The van der Waals surface area contributed by atoms with Gasteiger partial charge in [0, 0.05) is 19.8 Å². The van der Waals surface area contributed by atoms with Crippen LogP contribution in [0.25, 0.3) is 0 Å². The fourth-order valence-corrected chi connectivity index (χ4v) is 2.26. The standard InChI is InChI=1S/C13H20N2O4S/c1-4-11(13(16)17)9-10-5-7-12(8-6-10)14-20(18,19)15(2)3/h5-8,11,14H,4,9H2,1-3H3,(H,16,17)/t11-/m0/s1. The molecule has 0 aromatic heterocycles. The first-order valence-corrected chi connectivity index (χ1v) is 7.72. The van der Waals surface area contributed by atoms with Crippen molar-refractivity contribution in [1.82, 2.24) is 4.31 Å². The number of nitrogens with one attached hydrogen (secondary N) is 1. The van der Waals surface area contributed by atoms with Crippen molar-refractivity contribution in [3.8, 4) is 0 Å². The van der Waals surface area contributed by atoms with Crippen LogP contribution in [0.3, 0.4) is 0 Å². The Bertz CT molecular complexity index is 552. The third-order valence-electron chi connectivity index (χ3n) is 3.01. The molecule has 1 aromatic carbocycles. The zero-order valence-corrected chi connectivity index (χ0v) is 12.6. The van der Waals surface area contributed by atoms with Gasteiger partial charge in [0.25, 0.3) is 0 Å². The Morgan fingerprint density at radius 1 is 1.30 bits per heavy atom. The van der Waals surface area contributed by atoms with Gasteiger partial charge in [-0.25, -0.2) is 0 Å². The molecule has 0 unspecified atom stereocenters. The van der Waals surface area contributed by atoms with Gasteiger partial charge in [-0.3, -0.25) is 9.52 Å². The van der Waals surface area contributed by atoms with Gasteiger partial charge in [-0.1, -0.05) is 19.1 Å². The van der Waals surface area contributed by atoms with Crippen molar-refractivity contribution >= 4 is 21.9 Å². The number of aliphatic carboxylic acids is 1. The maximum absolute atomic E-state index is 11.6. The third kappa shape index (κ3) is 4.50. The van der Waals surface area contributed by atoms with Crippen LogP contribution in [0.15, 0.2) is 24.3 Å². The topological polar surface area (TPSA) is 86.7 Å². The van der Waals surface area contributed by atoms with Crippen molar-refractivity contribution in [3.05, 3.63) is 29.8 Å². The normalized spacial score (nSPS) is 13.2. The van der Waals surface area contributed by atoms with Crippen LogP contribution in [0.1, 0.15) is 18.9 Å². The molecule has 1 atom stereocenters. The highest BCUT2D eigenvalue weighted by molar-refractivity contribution is 7.90. The van der Waals surface area contributed by atoms with E-state index in [1.54, 1.807) is 24.3 Å². The van der Waals surface area contributed by atoms with E-state index in [2.05, 4.69) is 4.72 Å². The van der Waals surface area contributed by atoms with E-state index in [0.717, 1.165) is 9.87 Å². The number of anilines is 1. The second-order valence-corrected chi connectivity index (χ2v) is 6.62. The summed E-state index contributed by atoms with van der Waals surface area (Å²) in [5.41, 5.74) is 1.32. The third-order valence-corrected chi connectivity index (χ3v) is 4.46. The minimum absolute atomic E-state index is 0.417. The van der Waals surface area contributed by atoms with Gasteiger partial charge in [0.15, 0.2) is 0 Å². The lowest BCUT2D eigenvalue weighted by molar-refractivity contribution is -0.141. The summed E-state index contributed by atoms with van der Waals surface area (Å²) in [5, 5.41) is 9.01. The lowest BCUT2D eigenvalue weighted by Gasteiger charge is -2.14. The molecule has 2 N–H and O–H groups in total. The second-order valence-electron chi connectivity index (χ2n) is 4.73. The van der Waals surface area contributed by atoms with Crippen LogP contribution >= 0.6 is 0 Å². The highest BCUT2D eigenvalue weighted by atomic mass is 32.2. The van der Waals surface area contributed by atoms with E-state index >= 15 is 0 Å². The predicted molar refractivity (Wildman–Crippen MR) is 77.8 cm³/mol. The monoisotopic (exact) mass is 300 g/mol. The van der Waals surface area contributed by atoms with Gasteiger partial charge >= 0.3 is 16.2 Å². The maximum Gasteiger partial charge on any atom is 0.306 e. The molecule has 0 amide bonds. The van der Waals surface area contributed by atoms with Crippen molar-refractivity contribution in [3.63, 3.8) is 0 Å². The summed E-state index contributed by atoms with van der Waals surface area (Å²) in [6.45, 7) is 1.83. The van der Waals surface area contributed by atoms with Crippen LogP contribution < -0.4 is 4.72 Å². The fraction of sp³-hybridized carbons (Fsp3) is 0.462. The Morgan fingerprint density at radius 3 is 2.25 bits per heavy atom. The number of nitrogens with zero attached hydrogens (tertiary/aromatic N) is 1. The number of hydrogen-bond acceptors (Lipinski definition) is 3. The Kier molecular flexibility index (Phi) is 5.52. The smallest absolute Gasteiger partial charge is 0.306 e. The number of rotatable bonds is 7. The average molecular weight is 300 g/mol. The number of carboxylic acids is 1. The van der Waals surface area contributed by atoms with Crippen molar-refractivity contribution in [2.24, 2.45) is 5.92 Å². The second kappa shape index (κ2) is 6.71. The summed E-state index contributed by atoms with van der Waals surface area (Å²) in [5.74, 6) is -1.23. The first-order chi connectivity index (χ1) is 9.26. The quantitative estimate of drug-likeness (QED) is 0.800. The summed E-state index contributed by atoms with van der Waals surface area (Å²) in [6.07, 6.45) is 0.997. The van der Waals surface area contributed by atoms with Gasteiger partial charge in [0.05, 0.1) is 5.92 Å². The van der Waals surface area contributed by atoms with E-state index in [4.69, 9.17) is 5.11 Å². The molecular weight excluding hydrogens is 280 g/mol. The van der Waals surface area contributed by atoms with E-state index < -0.39 is 22.1 Å². The molecule has 0 aliphatic heterocycles. The van der Waals surface area contributed by atoms with Gasteiger partial charge < -0.3 is 5.11 Å². The van der Waals surface area contributed by atoms with Gasteiger partial charge in [0.1, 0.15) is 0 Å². The summed E-state index contributed by atoms with van der Waals surface area (Å²) < 4.78 is 26.8. The van der Waals surface area contributed by atoms with Crippen LogP contribution in [0.2, 0.25) is 0 Å². The molecule has 0 bridgehead atoms. The predicted octanol–water partition coefficient (Wildman–Crippen LogP) is 1.56. The van der Waals surface area contributed by atoms with Gasteiger partial charge in [-0.2, -0.15) is 12.7 Å². The molecule has 6 nitrogen and oxygen atoms in total. The molecule has 0 saturated carbocycles. The van der Waals surface area contributed by atoms with Crippen LogP contribution in [0.4, 0.5) is 5.69 Å². The summed E-state index contributed by atoms with van der Waals surface area (Å²) in [6, 6.07) is 6.73. The molecule has 0 aliphatic rings. The highest BCUT2D eigenvalue weighted by Gasteiger charge is 2.16. The molecular formula is C13H20N2O4S. The minimum Gasteiger partial charge on any atom is -0.481 e. The van der Waals surface area contributed by atoms with Crippen molar-refractivity contribution in [1.29, 1.82) is 0 Å². The zero-order valence-electron chi connectivity index (χ0n) is 11.8. The first-order valence-electron chi connectivity index (χ1n) is 6.28. The van der Waals surface area contributed by atoms with Crippen LogP contribution in [-0.2, 0) is 21.4 Å². The number of carboxylic acid groups (broad SMARTS) is 1. The zero-order chi connectivity index (χ0) is 15.3. The molecule has 0 radical (unpaired) electrons. The summed E-state index contributed by atoms with van der Waals surface area (Å²) in [4.78, 5) is 11.0. The maximum atomic E-state index is 11.6. The van der Waals surface area contributed by atoms with Crippen molar-refractivity contribution < 1.29 is 18.3 Å². The van der Waals surface area contributed by atoms with Gasteiger partial charge in [-0.15, -0.1) is 0 Å². The van der Waals surface area contributed by atoms with E-state index in [1.807, 2.05) is 6.92 Å². The highest BCUT2D eigenvalue weighted by Crippen LogP contribution is 2.16.